The van der Waals surface area contributed by atoms with Gasteiger partial charge in [0.05, 0.1) is 6.42 Å². The van der Waals surface area contributed by atoms with Crippen LogP contribution in [0.5, 0.6) is 5.75 Å². The molecule has 128 valence electrons. The highest BCUT2D eigenvalue weighted by Gasteiger charge is 2.20. The van der Waals surface area contributed by atoms with E-state index in [-0.39, 0.29) is 12.2 Å². The van der Waals surface area contributed by atoms with Gasteiger partial charge in [0.2, 0.25) is 5.91 Å². The quantitative estimate of drug-likeness (QED) is 0.391. The first-order chi connectivity index (χ1) is 11.0. The highest BCUT2D eigenvalue weighted by atomic mass is 16.4. The predicted octanol–water partition coefficient (Wildman–Crippen LogP) is 1.28. The van der Waals surface area contributed by atoms with Crippen molar-refractivity contribution in [3.8, 4) is 5.75 Å². The molecule has 0 unspecified atom stereocenters. The van der Waals surface area contributed by atoms with Crippen molar-refractivity contribution in [3.63, 3.8) is 0 Å². The van der Waals surface area contributed by atoms with E-state index in [0.717, 1.165) is 25.7 Å². The van der Waals surface area contributed by atoms with Crippen molar-refractivity contribution in [1.29, 1.82) is 0 Å². The molecule has 0 fully saturated rings. The average molecular weight is 323 g/mol. The zero-order chi connectivity index (χ0) is 17.1. The minimum absolute atomic E-state index is 0.0354. The number of phenolic OH excluding ortho intramolecular Hbond substituents is 1. The number of hydrogen-bond donors (Lipinski definition) is 5. The molecule has 0 radical (unpaired) electrons. The molecule has 0 aliphatic rings. The van der Waals surface area contributed by atoms with Crippen LogP contribution in [-0.4, -0.2) is 41.2 Å². The van der Waals surface area contributed by atoms with Crippen LogP contribution in [0.15, 0.2) is 24.3 Å². The summed E-state index contributed by atoms with van der Waals surface area (Å²) in [7, 11) is 0. The van der Waals surface area contributed by atoms with E-state index < -0.39 is 17.9 Å². The third-order valence-corrected chi connectivity index (χ3v) is 3.34. The second kappa shape index (κ2) is 10.6. The second-order valence-corrected chi connectivity index (χ2v) is 5.35. The van der Waals surface area contributed by atoms with E-state index in [9.17, 15) is 19.8 Å². The van der Waals surface area contributed by atoms with E-state index in [4.69, 9.17) is 5.73 Å². The van der Waals surface area contributed by atoms with Crippen molar-refractivity contribution in [1.82, 2.24) is 5.32 Å². The third-order valence-electron chi connectivity index (χ3n) is 3.34. The molecular formula is C16H25N3O4. The zero-order valence-electron chi connectivity index (χ0n) is 13.1. The number of rotatable bonds is 11. The summed E-state index contributed by atoms with van der Waals surface area (Å²) >= 11 is 0. The van der Waals surface area contributed by atoms with Gasteiger partial charge in [0.25, 0.3) is 0 Å². The molecule has 0 heterocycles. The van der Waals surface area contributed by atoms with E-state index in [0.29, 0.717) is 18.8 Å². The first kappa shape index (κ1) is 18.9. The molecule has 0 aromatic heterocycles. The Kier molecular flexibility index (Phi) is 8.71. The van der Waals surface area contributed by atoms with Crippen molar-refractivity contribution < 1.29 is 19.8 Å². The number of aliphatic carboxylic acids is 1. The molecule has 0 aliphatic carbocycles. The van der Waals surface area contributed by atoms with Crippen LogP contribution in [0.2, 0.25) is 0 Å². The number of benzene rings is 1. The number of carboxylic acid groups (broad SMARTS) is 1. The summed E-state index contributed by atoms with van der Waals surface area (Å²) in [5, 5.41) is 24.0. The first-order valence-corrected chi connectivity index (χ1v) is 7.78. The van der Waals surface area contributed by atoms with Gasteiger partial charge >= 0.3 is 5.97 Å². The number of phenols is 1. The summed E-state index contributed by atoms with van der Waals surface area (Å²) in [6.45, 7) is 1.21. The van der Waals surface area contributed by atoms with E-state index >= 15 is 0 Å². The van der Waals surface area contributed by atoms with Gasteiger partial charge in [-0.15, -0.1) is 0 Å². The molecule has 0 saturated heterocycles. The van der Waals surface area contributed by atoms with Gasteiger partial charge in [-0.2, -0.15) is 0 Å². The fraction of sp³-hybridized carbons (Fsp3) is 0.500. The Morgan fingerprint density at radius 1 is 1.17 bits per heavy atom. The largest absolute Gasteiger partial charge is 0.508 e. The van der Waals surface area contributed by atoms with Crippen LogP contribution in [0, 0.1) is 0 Å². The van der Waals surface area contributed by atoms with Crippen LogP contribution >= 0.6 is 0 Å². The lowest BCUT2D eigenvalue weighted by Gasteiger charge is -2.14. The molecule has 0 bridgehead atoms. The van der Waals surface area contributed by atoms with Crippen LogP contribution in [0.25, 0.3) is 0 Å². The summed E-state index contributed by atoms with van der Waals surface area (Å²) in [5.74, 6) is -1.44. The van der Waals surface area contributed by atoms with Crippen LogP contribution in [0.3, 0.4) is 0 Å². The van der Waals surface area contributed by atoms with Crippen molar-refractivity contribution in [2.24, 2.45) is 5.73 Å². The standard InChI is InChI=1S/C16H25N3O4/c17-8-3-1-2-4-9-18-14(16(22)23)11-15(21)19-12-6-5-7-13(20)10-12/h5-7,10,14,18,20H,1-4,8-9,11,17H2,(H,19,21)(H,22,23)/t14-/m0/s1. The smallest absolute Gasteiger partial charge is 0.321 e. The Morgan fingerprint density at radius 3 is 2.57 bits per heavy atom. The molecular weight excluding hydrogens is 298 g/mol. The Hall–Kier alpha value is -2.12. The predicted molar refractivity (Wildman–Crippen MR) is 88.3 cm³/mol. The number of nitrogens with two attached hydrogens (primary N) is 1. The normalized spacial score (nSPS) is 11.9. The Balaban J connectivity index is 2.36. The molecule has 1 aromatic rings. The molecule has 7 nitrogen and oxygen atoms in total. The Labute approximate surface area is 135 Å². The minimum atomic E-state index is -1.06. The number of carbonyl (C=O) groups is 2. The summed E-state index contributed by atoms with van der Waals surface area (Å²) in [6.07, 6.45) is 3.64. The molecule has 0 saturated carbocycles. The molecule has 0 spiro atoms. The van der Waals surface area contributed by atoms with Crippen molar-refractivity contribution in [3.05, 3.63) is 24.3 Å². The maximum Gasteiger partial charge on any atom is 0.321 e. The lowest BCUT2D eigenvalue weighted by Crippen LogP contribution is -2.40. The average Bonchev–Trinajstić information content (AvgIpc) is 2.49. The molecule has 23 heavy (non-hydrogen) atoms. The Morgan fingerprint density at radius 2 is 1.91 bits per heavy atom. The molecule has 1 aromatic carbocycles. The molecule has 7 heteroatoms. The number of aromatic hydroxyl groups is 1. The van der Waals surface area contributed by atoms with Gasteiger partial charge in [-0.25, -0.2) is 0 Å². The van der Waals surface area contributed by atoms with Gasteiger partial charge in [0.15, 0.2) is 0 Å². The van der Waals surface area contributed by atoms with Crippen LogP contribution in [0.1, 0.15) is 32.1 Å². The van der Waals surface area contributed by atoms with E-state index in [2.05, 4.69) is 10.6 Å². The monoisotopic (exact) mass is 323 g/mol. The third kappa shape index (κ3) is 8.18. The van der Waals surface area contributed by atoms with Crippen molar-refractivity contribution >= 4 is 17.6 Å². The van der Waals surface area contributed by atoms with Crippen molar-refractivity contribution in [2.75, 3.05) is 18.4 Å². The number of unbranched alkanes of at least 4 members (excludes halogenated alkanes) is 3. The number of hydrogen-bond acceptors (Lipinski definition) is 5. The topological polar surface area (TPSA) is 125 Å². The van der Waals surface area contributed by atoms with Crippen LogP contribution in [0.4, 0.5) is 5.69 Å². The van der Waals surface area contributed by atoms with E-state index in [1.54, 1.807) is 12.1 Å². The summed E-state index contributed by atoms with van der Waals surface area (Å²) in [4.78, 5) is 23.1. The molecule has 1 atom stereocenters. The number of amides is 1. The minimum Gasteiger partial charge on any atom is -0.508 e. The fourth-order valence-electron chi connectivity index (χ4n) is 2.13. The number of carbonyl (C=O) groups excluding carboxylic acids is 1. The zero-order valence-corrected chi connectivity index (χ0v) is 13.1. The lowest BCUT2D eigenvalue weighted by atomic mass is 10.1. The van der Waals surface area contributed by atoms with Crippen LogP contribution < -0.4 is 16.4 Å². The van der Waals surface area contributed by atoms with Gasteiger partial charge < -0.3 is 26.6 Å². The molecule has 0 aliphatic heterocycles. The highest BCUT2D eigenvalue weighted by molar-refractivity contribution is 5.94. The first-order valence-electron chi connectivity index (χ1n) is 7.78. The van der Waals surface area contributed by atoms with Gasteiger partial charge in [0.1, 0.15) is 11.8 Å². The summed E-state index contributed by atoms with van der Waals surface area (Å²) in [6, 6.07) is 5.18. The van der Waals surface area contributed by atoms with Crippen LogP contribution in [-0.2, 0) is 9.59 Å². The molecule has 6 N–H and O–H groups in total. The van der Waals surface area contributed by atoms with Gasteiger partial charge in [-0.3, -0.25) is 9.59 Å². The second-order valence-electron chi connectivity index (χ2n) is 5.35. The summed E-state index contributed by atoms with van der Waals surface area (Å²) in [5.41, 5.74) is 5.84. The summed E-state index contributed by atoms with van der Waals surface area (Å²) < 4.78 is 0. The van der Waals surface area contributed by atoms with Gasteiger partial charge in [-0.05, 0) is 38.1 Å². The molecule has 1 amide bonds. The number of anilines is 1. The van der Waals surface area contributed by atoms with E-state index in [1.165, 1.54) is 12.1 Å². The van der Waals surface area contributed by atoms with Gasteiger partial charge in [-0.1, -0.05) is 18.9 Å². The number of nitrogens with one attached hydrogen (secondary N) is 2. The maximum atomic E-state index is 11.9. The van der Waals surface area contributed by atoms with Crippen molar-refractivity contribution in [2.45, 2.75) is 38.1 Å². The maximum absolute atomic E-state index is 11.9. The lowest BCUT2D eigenvalue weighted by molar-refractivity contribution is -0.141. The molecule has 1 rings (SSSR count). The highest BCUT2D eigenvalue weighted by Crippen LogP contribution is 2.15. The SMILES string of the molecule is NCCCCCCN[C@@H](CC(=O)Nc1cccc(O)c1)C(=O)O. The van der Waals surface area contributed by atoms with E-state index in [1.807, 2.05) is 0 Å². The fourth-order valence-corrected chi connectivity index (χ4v) is 2.13. The number of carboxylic acids is 1. The Bertz CT molecular complexity index is 508. The van der Waals surface area contributed by atoms with Gasteiger partial charge in [0, 0.05) is 11.8 Å².